The summed E-state index contributed by atoms with van der Waals surface area (Å²) in [4.78, 5) is 26.9. The number of carbonyl (C=O) groups excluding carboxylic acids is 1. The molecule has 7 nitrogen and oxygen atoms in total. The topological polar surface area (TPSA) is 76.7 Å². The summed E-state index contributed by atoms with van der Waals surface area (Å²) in [7, 11) is 1.56. The number of morpholine rings is 1. The van der Waals surface area contributed by atoms with E-state index in [1.54, 1.807) is 19.2 Å². The molecule has 0 bridgehead atoms. The Bertz CT molecular complexity index is 745. The van der Waals surface area contributed by atoms with E-state index in [2.05, 4.69) is 10.2 Å². The van der Waals surface area contributed by atoms with Crippen molar-refractivity contribution in [2.45, 2.75) is 0 Å². The number of rotatable bonds is 5. The van der Waals surface area contributed by atoms with Gasteiger partial charge in [0, 0.05) is 33.2 Å². The van der Waals surface area contributed by atoms with Crippen molar-refractivity contribution in [2.24, 2.45) is 7.05 Å². The molecule has 0 spiro atoms. The van der Waals surface area contributed by atoms with Crippen LogP contribution in [0.15, 0.2) is 39.6 Å². The predicted octanol–water partition coefficient (Wildman–Crippen LogP) is 0.707. The van der Waals surface area contributed by atoms with Crippen molar-refractivity contribution in [1.29, 1.82) is 0 Å². The maximum absolute atomic E-state index is 12.5. The molecule has 1 aliphatic heterocycles. The highest BCUT2D eigenvalue weighted by atomic mass is 16.5. The van der Waals surface area contributed by atoms with Crippen molar-refractivity contribution in [1.82, 2.24) is 15.0 Å². The van der Waals surface area contributed by atoms with Crippen molar-refractivity contribution in [3.8, 4) is 11.1 Å². The summed E-state index contributed by atoms with van der Waals surface area (Å²) in [5.41, 5.74) is 0.697. The van der Waals surface area contributed by atoms with Crippen molar-refractivity contribution in [3.63, 3.8) is 0 Å². The molecule has 7 heteroatoms. The molecule has 1 aromatic heterocycles. The minimum absolute atomic E-state index is 0.244. The normalized spacial score (nSPS) is 15.4. The van der Waals surface area contributed by atoms with Gasteiger partial charge in [-0.05, 0) is 5.56 Å². The summed E-state index contributed by atoms with van der Waals surface area (Å²) in [5.74, 6) is -0.310. The number of ether oxygens (including phenoxy) is 1. The molecular formula is C17H21N3O4. The van der Waals surface area contributed by atoms with Gasteiger partial charge in [-0.15, -0.1) is 0 Å². The van der Waals surface area contributed by atoms with Crippen LogP contribution in [-0.2, 0) is 11.8 Å². The molecule has 1 amide bonds. The minimum atomic E-state index is -0.512. The quantitative estimate of drug-likeness (QED) is 0.873. The van der Waals surface area contributed by atoms with Crippen LogP contribution in [0.2, 0.25) is 0 Å². The van der Waals surface area contributed by atoms with Crippen molar-refractivity contribution < 1.29 is 14.1 Å². The summed E-state index contributed by atoms with van der Waals surface area (Å²) >= 11 is 0. The number of benzene rings is 1. The highest BCUT2D eigenvalue weighted by Gasteiger charge is 2.23. The minimum Gasteiger partial charge on any atom is -0.379 e. The molecular weight excluding hydrogens is 310 g/mol. The molecule has 128 valence electrons. The van der Waals surface area contributed by atoms with Crippen molar-refractivity contribution in [2.75, 3.05) is 39.4 Å². The lowest BCUT2D eigenvalue weighted by Crippen LogP contribution is -2.41. The third kappa shape index (κ3) is 3.58. The first-order valence-corrected chi connectivity index (χ1v) is 8.01. The van der Waals surface area contributed by atoms with Gasteiger partial charge in [0.15, 0.2) is 5.69 Å². The van der Waals surface area contributed by atoms with Gasteiger partial charge in [0.25, 0.3) is 5.91 Å². The molecule has 0 unspecified atom stereocenters. The van der Waals surface area contributed by atoms with Crippen molar-refractivity contribution in [3.05, 3.63) is 46.4 Å². The summed E-state index contributed by atoms with van der Waals surface area (Å²) < 4.78 is 11.6. The Morgan fingerprint density at radius 1 is 1.21 bits per heavy atom. The average molecular weight is 331 g/mol. The highest BCUT2D eigenvalue weighted by Crippen LogP contribution is 2.20. The predicted molar refractivity (Wildman–Crippen MR) is 89.0 cm³/mol. The van der Waals surface area contributed by atoms with E-state index in [1.807, 2.05) is 18.2 Å². The first-order valence-electron chi connectivity index (χ1n) is 8.01. The Hall–Kier alpha value is -2.38. The smallest absolute Gasteiger partial charge is 0.366 e. The maximum Gasteiger partial charge on any atom is 0.366 e. The Morgan fingerprint density at radius 3 is 2.62 bits per heavy atom. The van der Waals surface area contributed by atoms with Crippen LogP contribution in [0.3, 0.4) is 0 Å². The van der Waals surface area contributed by atoms with Crippen LogP contribution < -0.4 is 10.9 Å². The second kappa shape index (κ2) is 7.46. The third-order valence-corrected chi connectivity index (χ3v) is 4.07. The molecule has 0 aliphatic carbocycles. The van der Waals surface area contributed by atoms with Crippen LogP contribution in [0.4, 0.5) is 0 Å². The Morgan fingerprint density at radius 2 is 1.92 bits per heavy atom. The van der Waals surface area contributed by atoms with E-state index in [0.717, 1.165) is 32.8 Å². The number of nitrogens with zero attached hydrogens (tertiary/aromatic N) is 2. The van der Waals surface area contributed by atoms with Crippen LogP contribution in [-0.4, -0.2) is 54.9 Å². The van der Waals surface area contributed by atoms with E-state index < -0.39 is 5.63 Å². The standard InChI is InChI=1S/C17H21N3O4/c1-19-15(14(17(22)24-19)13-5-3-2-4-6-13)16(21)18-7-8-20-9-11-23-12-10-20/h2-6H,7-12H2,1H3,(H,18,21). The number of carbonyl (C=O) groups is 1. The highest BCUT2D eigenvalue weighted by molar-refractivity contribution is 5.98. The number of amides is 1. The van der Waals surface area contributed by atoms with E-state index in [9.17, 15) is 9.59 Å². The summed E-state index contributed by atoms with van der Waals surface area (Å²) in [6.07, 6.45) is 0. The lowest BCUT2D eigenvalue weighted by molar-refractivity contribution is 0.0383. The van der Waals surface area contributed by atoms with E-state index in [0.29, 0.717) is 17.7 Å². The summed E-state index contributed by atoms with van der Waals surface area (Å²) in [6.45, 7) is 4.45. The van der Waals surface area contributed by atoms with Crippen LogP contribution in [0.25, 0.3) is 11.1 Å². The van der Waals surface area contributed by atoms with Gasteiger partial charge in [0.2, 0.25) is 0 Å². The van der Waals surface area contributed by atoms with Crippen molar-refractivity contribution >= 4 is 5.91 Å². The largest absolute Gasteiger partial charge is 0.379 e. The van der Waals surface area contributed by atoms with Gasteiger partial charge in [0.1, 0.15) is 5.56 Å². The fourth-order valence-corrected chi connectivity index (χ4v) is 2.82. The molecule has 1 aliphatic rings. The van der Waals surface area contributed by atoms with E-state index in [-0.39, 0.29) is 11.6 Å². The zero-order valence-corrected chi connectivity index (χ0v) is 13.7. The fourth-order valence-electron chi connectivity index (χ4n) is 2.82. The second-order valence-electron chi connectivity index (χ2n) is 5.68. The van der Waals surface area contributed by atoms with Gasteiger partial charge in [-0.3, -0.25) is 9.69 Å². The number of nitrogens with one attached hydrogen (secondary N) is 1. The molecule has 0 saturated carbocycles. The SMILES string of the molecule is Cn1oc(=O)c(-c2ccccc2)c1C(=O)NCCN1CCOCC1. The third-order valence-electron chi connectivity index (χ3n) is 4.07. The average Bonchev–Trinajstić information content (AvgIpc) is 2.90. The van der Waals surface area contributed by atoms with Gasteiger partial charge >= 0.3 is 5.63 Å². The number of hydrogen-bond acceptors (Lipinski definition) is 5. The monoisotopic (exact) mass is 331 g/mol. The Balaban J connectivity index is 1.71. The molecule has 1 fully saturated rings. The van der Waals surface area contributed by atoms with Crippen LogP contribution >= 0.6 is 0 Å². The number of aromatic nitrogens is 1. The van der Waals surface area contributed by atoms with E-state index in [4.69, 9.17) is 9.26 Å². The zero-order chi connectivity index (χ0) is 16.9. The lowest BCUT2D eigenvalue weighted by Gasteiger charge is -2.26. The van der Waals surface area contributed by atoms with Gasteiger partial charge in [-0.2, -0.15) is 0 Å². The molecule has 2 heterocycles. The van der Waals surface area contributed by atoms with Gasteiger partial charge in [0.05, 0.1) is 13.2 Å². The lowest BCUT2D eigenvalue weighted by atomic mass is 10.1. The number of aryl methyl sites for hydroxylation is 1. The van der Waals surface area contributed by atoms with E-state index >= 15 is 0 Å². The molecule has 24 heavy (non-hydrogen) atoms. The fraction of sp³-hybridized carbons (Fsp3) is 0.412. The van der Waals surface area contributed by atoms with E-state index in [1.165, 1.54) is 4.74 Å². The van der Waals surface area contributed by atoms with Gasteiger partial charge in [-0.1, -0.05) is 30.3 Å². The Kier molecular flexibility index (Phi) is 5.12. The summed E-state index contributed by atoms with van der Waals surface area (Å²) in [5, 5.41) is 2.87. The maximum atomic E-state index is 12.5. The zero-order valence-electron chi connectivity index (χ0n) is 13.7. The molecule has 1 aromatic carbocycles. The molecule has 0 radical (unpaired) electrons. The molecule has 0 atom stereocenters. The van der Waals surface area contributed by atoms with Crippen LogP contribution in [0, 0.1) is 0 Å². The van der Waals surface area contributed by atoms with Crippen LogP contribution in [0.5, 0.6) is 0 Å². The molecule has 3 rings (SSSR count). The Labute approximate surface area is 139 Å². The van der Waals surface area contributed by atoms with Gasteiger partial charge in [-0.25, -0.2) is 9.53 Å². The van der Waals surface area contributed by atoms with Crippen LogP contribution in [0.1, 0.15) is 10.5 Å². The molecule has 1 saturated heterocycles. The molecule has 2 aromatic rings. The summed E-state index contributed by atoms with van der Waals surface area (Å²) in [6, 6.07) is 9.08. The van der Waals surface area contributed by atoms with Gasteiger partial charge < -0.3 is 14.6 Å². The molecule has 1 N–H and O–H groups in total. The first-order chi connectivity index (χ1) is 11.7. The number of hydrogen-bond donors (Lipinski definition) is 1. The first kappa shape index (κ1) is 16.5. The second-order valence-corrected chi connectivity index (χ2v) is 5.68.